The quantitative estimate of drug-likeness (QED) is 0.169. The zero-order valence-corrected chi connectivity index (χ0v) is 22.7. The van der Waals surface area contributed by atoms with Crippen molar-refractivity contribution in [2.24, 2.45) is 0 Å². The van der Waals surface area contributed by atoms with Gasteiger partial charge in [-0.15, -0.1) is 0 Å². The van der Waals surface area contributed by atoms with Gasteiger partial charge in [0.15, 0.2) is 0 Å². The average Bonchev–Trinajstić information content (AvgIpc) is 3.28. The van der Waals surface area contributed by atoms with Crippen molar-refractivity contribution in [1.82, 2.24) is 5.32 Å². The molecule has 0 radical (unpaired) electrons. The molecular formula is C24H30ClN4O3SSe+. The van der Waals surface area contributed by atoms with Gasteiger partial charge in [0.25, 0.3) is 0 Å². The van der Waals surface area contributed by atoms with Gasteiger partial charge in [0.1, 0.15) is 0 Å². The summed E-state index contributed by atoms with van der Waals surface area (Å²) in [6, 6.07) is 12.8. The van der Waals surface area contributed by atoms with Crippen LogP contribution < -0.4 is 19.7 Å². The monoisotopic (exact) mass is 569 g/mol. The zero-order chi connectivity index (χ0) is 24.3. The first-order valence-corrected chi connectivity index (χ1v) is 15.2. The molecule has 34 heavy (non-hydrogen) atoms. The Morgan fingerprint density at radius 3 is 2.76 bits per heavy atom. The molecule has 0 saturated carbocycles. The maximum atomic E-state index is 11.2. The Bertz CT molecular complexity index is 1310. The molecule has 4 rings (SSSR count). The van der Waals surface area contributed by atoms with Gasteiger partial charge >= 0.3 is 213 Å². The van der Waals surface area contributed by atoms with Gasteiger partial charge in [-0.25, -0.2) is 0 Å². The molecular weight excluding hydrogens is 539 g/mol. The summed E-state index contributed by atoms with van der Waals surface area (Å²) in [6.45, 7) is 5.32. The van der Waals surface area contributed by atoms with Crippen LogP contribution in [0.3, 0.4) is 0 Å². The SMILES string of the molecule is CCNCCCN1C(=Cc2[se]cc(Cl)[n+]2CCCS(=O)(=O)O)N(C)c2ccc3ccccc3c21. The van der Waals surface area contributed by atoms with Crippen LogP contribution in [0.5, 0.6) is 0 Å². The number of halogens is 1. The Hall–Kier alpha value is -1.87. The summed E-state index contributed by atoms with van der Waals surface area (Å²) in [4.78, 5) is 6.61. The number of hydrogen-bond acceptors (Lipinski definition) is 5. The van der Waals surface area contributed by atoms with Crippen LogP contribution in [-0.2, 0) is 16.7 Å². The summed E-state index contributed by atoms with van der Waals surface area (Å²) >= 11 is 6.51. The van der Waals surface area contributed by atoms with Gasteiger partial charge in [-0.2, -0.15) is 0 Å². The molecule has 1 aromatic heterocycles. The summed E-state index contributed by atoms with van der Waals surface area (Å²) in [7, 11) is -1.91. The maximum absolute atomic E-state index is 11.2. The van der Waals surface area contributed by atoms with Crippen LogP contribution in [0, 0.1) is 0 Å². The van der Waals surface area contributed by atoms with Crippen LogP contribution in [0.4, 0.5) is 11.4 Å². The molecule has 0 bridgehead atoms. The Kier molecular flexibility index (Phi) is 8.02. The number of fused-ring (bicyclic) bond motifs is 3. The van der Waals surface area contributed by atoms with Gasteiger partial charge in [-0.3, -0.25) is 0 Å². The van der Waals surface area contributed by atoms with Crippen LogP contribution in [0.15, 0.2) is 47.2 Å². The first-order chi connectivity index (χ1) is 16.3. The molecule has 0 amide bonds. The second kappa shape index (κ2) is 10.8. The van der Waals surface area contributed by atoms with Gasteiger partial charge in [0.05, 0.1) is 0 Å². The zero-order valence-electron chi connectivity index (χ0n) is 19.4. The van der Waals surface area contributed by atoms with Gasteiger partial charge in [-0.05, 0) is 0 Å². The summed E-state index contributed by atoms with van der Waals surface area (Å²) < 4.78 is 34.5. The number of aromatic nitrogens is 1. The fraction of sp³-hybridized carbons (Fsp3) is 0.375. The molecule has 0 atom stereocenters. The Balaban J connectivity index is 1.72. The van der Waals surface area contributed by atoms with E-state index < -0.39 is 10.1 Å². The number of nitrogens with one attached hydrogen (secondary N) is 1. The van der Waals surface area contributed by atoms with Crippen molar-refractivity contribution in [3.05, 3.63) is 56.9 Å². The van der Waals surface area contributed by atoms with Crippen molar-refractivity contribution in [2.45, 2.75) is 26.3 Å². The number of rotatable bonds is 10. The van der Waals surface area contributed by atoms with E-state index in [1.807, 2.05) is 9.51 Å². The van der Waals surface area contributed by atoms with E-state index in [1.165, 1.54) is 16.5 Å². The summed E-state index contributed by atoms with van der Waals surface area (Å²) in [5.41, 5.74) is 2.38. The number of anilines is 2. The summed E-state index contributed by atoms with van der Waals surface area (Å²) in [5.74, 6) is 0.803. The topological polar surface area (TPSA) is 76.8 Å². The standard InChI is InChI=1S/C24H29ClN4O3SSe/c1-3-26-12-6-13-29-22(16-23-28(21(25)17-34-23)14-7-15-33(30,31)32)27(2)20-11-10-18-8-4-5-9-19(18)24(20)29/h4-5,8-11,16-17,26H,3,6-7,12-15H2,1-2H3/p+1. The van der Waals surface area contributed by atoms with Gasteiger partial charge < -0.3 is 0 Å². The minimum absolute atomic E-state index is 0.0370. The molecule has 2 aromatic carbocycles. The molecule has 2 N–H and O–H groups in total. The molecule has 1 aliphatic rings. The van der Waals surface area contributed by atoms with Gasteiger partial charge in [0.2, 0.25) is 0 Å². The fourth-order valence-corrected chi connectivity index (χ4v) is 7.11. The molecule has 0 spiro atoms. The molecule has 2 heterocycles. The first-order valence-electron chi connectivity index (χ1n) is 11.4. The molecule has 0 aliphatic carbocycles. The average molecular weight is 569 g/mol. The van der Waals surface area contributed by atoms with E-state index >= 15 is 0 Å². The van der Waals surface area contributed by atoms with Gasteiger partial charge in [0, 0.05) is 0 Å². The Morgan fingerprint density at radius 2 is 2.00 bits per heavy atom. The molecule has 182 valence electrons. The number of benzene rings is 2. The van der Waals surface area contributed by atoms with Crippen LogP contribution in [-0.4, -0.2) is 59.9 Å². The van der Waals surface area contributed by atoms with Crippen molar-refractivity contribution in [1.29, 1.82) is 0 Å². The first kappa shape index (κ1) is 25.2. The molecule has 0 fully saturated rings. The normalized spacial score (nSPS) is 15.0. The van der Waals surface area contributed by atoms with E-state index in [-0.39, 0.29) is 20.3 Å². The van der Waals surface area contributed by atoms with Crippen molar-refractivity contribution in [2.75, 3.05) is 42.2 Å². The van der Waals surface area contributed by atoms with Gasteiger partial charge in [-0.1, -0.05) is 0 Å². The van der Waals surface area contributed by atoms with Crippen molar-refractivity contribution in [3.63, 3.8) is 0 Å². The van der Waals surface area contributed by atoms with Crippen molar-refractivity contribution < 1.29 is 17.5 Å². The second-order valence-corrected chi connectivity index (χ2v) is 12.1. The van der Waals surface area contributed by atoms with Crippen LogP contribution >= 0.6 is 11.6 Å². The van der Waals surface area contributed by atoms with E-state index in [2.05, 4.69) is 71.6 Å². The fourth-order valence-electron chi connectivity index (χ4n) is 4.34. The molecule has 0 unspecified atom stereocenters. The Morgan fingerprint density at radius 1 is 1.21 bits per heavy atom. The van der Waals surface area contributed by atoms with Crippen LogP contribution in [0.25, 0.3) is 16.8 Å². The summed E-state index contributed by atoms with van der Waals surface area (Å²) in [5, 5.41) is 6.46. The molecule has 3 aromatic rings. The van der Waals surface area contributed by atoms with E-state index in [1.54, 1.807) is 0 Å². The molecule has 10 heteroatoms. The third-order valence-corrected chi connectivity index (χ3v) is 9.30. The Labute approximate surface area is 212 Å². The van der Waals surface area contributed by atoms with Crippen molar-refractivity contribution in [3.8, 4) is 0 Å². The third kappa shape index (κ3) is 5.51. The predicted octanol–water partition coefficient (Wildman–Crippen LogP) is 3.37. The van der Waals surface area contributed by atoms with Crippen molar-refractivity contribution >= 4 is 64.4 Å². The van der Waals surface area contributed by atoms with E-state index in [0.717, 1.165) is 42.1 Å². The van der Waals surface area contributed by atoms with E-state index in [9.17, 15) is 8.42 Å². The number of nitrogens with zero attached hydrogens (tertiary/aromatic N) is 3. The summed E-state index contributed by atoms with van der Waals surface area (Å²) in [6.07, 6.45) is 3.49. The minimum atomic E-state index is -3.99. The van der Waals surface area contributed by atoms with Crippen LogP contribution in [0.1, 0.15) is 24.3 Å². The van der Waals surface area contributed by atoms with Crippen LogP contribution in [0.2, 0.25) is 5.15 Å². The van der Waals surface area contributed by atoms with E-state index in [0.29, 0.717) is 18.1 Å². The molecule has 7 nitrogen and oxygen atoms in total. The third-order valence-electron chi connectivity index (χ3n) is 5.95. The predicted molar refractivity (Wildman–Crippen MR) is 140 cm³/mol. The number of hydrogen-bond donors (Lipinski definition) is 2. The second-order valence-electron chi connectivity index (χ2n) is 8.26. The molecule has 0 saturated heterocycles. The van der Waals surface area contributed by atoms with E-state index in [4.69, 9.17) is 16.2 Å². The molecule has 1 aliphatic heterocycles.